The smallest absolute Gasteiger partial charge is 0.272 e. The SMILES string of the molecule is CCn1nc(C(C)C)cc1C(=O)N(CCN(C)C)C[C@H]1CCCO1. The van der Waals surface area contributed by atoms with Gasteiger partial charge in [-0.3, -0.25) is 9.48 Å². The second-order valence-corrected chi connectivity index (χ2v) is 7.11. The molecule has 6 heteroatoms. The predicted molar refractivity (Wildman–Crippen MR) is 95.4 cm³/mol. The number of hydrogen-bond donors (Lipinski definition) is 0. The van der Waals surface area contributed by atoms with Crippen molar-refractivity contribution in [2.75, 3.05) is 40.3 Å². The molecule has 6 nitrogen and oxygen atoms in total. The summed E-state index contributed by atoms with van der Waals surface area (Å²) in [5, 5.41) is 4.59. The molecule has 24 heavy (non-hydrogen) atoms. The normalized spacial score (nSPS) is 17.9. The minimum atomic E-state index is 0.0635. The Morgan fingerprint density at radius 2 is 2.17 bits per heavy atom. The minimum Gasteiger partial charge on any atom is -0.376 e. The van der Waals surface area contributed by atoms with Crippen molar-refractivity contribution in [1.29, 1.82) is 0 Å². The molecular formula is C18H32N4O2. The molecule has 136 valence electrons. The van der Waals surface area contributed by atoms with E-state index in [9.17, 15) is 4.79 Å². The Labute approximate surface area is 145 Å². The molecule has 0 unspecified atom stereocenters. The molecule has 2 heterocycles. The molecule has 0 bridgehead atoms. The number of rotatable bonds is 8. The van der Waals surface area contributed by atoms with Crippen molar-refractivity contribution in [2.45, 2.75) is 52.2 Å². The fourth-order valence-electron chi connectivity index (χ4n) is 2.92. The summed E-state index contributed by atoms with van der Waals surface area (Å²) in [5.74, 6) is 0.381. The zero-order chi connectivity index (χ0) is 17.7. The quantitative estimate of drug-likeness (QED) is 0.730. The molecular weight excluding hydrogens is 304 g/mol. The van der Waals surface area contributed by atoms with Crippen molar-refractivity contribution in [3.05, 3.63) is 17.5 Å². The summed E-state index contributed by atoms with van der Waals surface area (Å²) in [6, 6.07) is 1.95. The second-order valence-electron chi connectivity index (χ2n) is 7.11. The first-order valence-corrected chi connectivity index (χ1v) is 9.05. The summed E-state index contributed by atoms with van der Waals surface area (Å²) in [6.45, 7) is 9.96. The van der Waals surface area contributed by atoms with Gasteiger partial charge in [-0.1, -0.05) is 13.8 Å². The standard InChI is InChI=1S/C18H32N4O2/c1-6-22-17(12-16(19-22)14(2)3)18(23)21(10-9-20(4)5)13-15-8-7-11-24-15/h12,14-15H,6-11,13H2,1-5H3/t15-/m1/s1. The maximum atomic E-state index is 13.2. The molecule has 2 rings (SSSR count). The molecule has 1 saturated heterocycles. The minimum absolute atomic E-state index is 0.0635. The van der Waals surface area contributed by atoms with Gasteiger partial charge < -0.3 is 14.5 Å². The Morgan fingerprint density at radius 3 is 2.71 bits per heavy atom. The Hall–Kier alpha value is -1.40. The van der Waals surface area contributed by atoms with Gasteiger partial charge in [0.15, 0.2) is 0 Å². The van der Waals surface area contributed by atoms with E-state index in [1.165, 1.54) is 0 Å². The largest absolute Gasteiger partial charge is 0.376 e. The number of amides is 1. The van der Waals surface area contributed by atoms with Crippen molar-refractivity contribution in [3.8, 4) is 0 Å². The Kier molecular flexibility index (Phi) is 6.80. The molecule has 1 amide bonds. The fourth-order valence-corrected chi connectivity index (χ4v) is 2.92. The number of aryl methyl sites for hydroxylation is 1. The van der Waals surface area contributed by atoms with Crippen LogP contribution in [0.15, 0.2) is 6.07 Å². The summed E-state index contributed by atoms with van der Waals surface area (Å²) in [7, 11) is 4.06. The lowest BCUT2D eigenvalue weighted by molar-refractivity contribution is 0.0503. The van der Waals surface area contributed by atoms with Gasteiger partial charge in [-0.2, -0.15) is 5.10 Å². The van der Waals surface area contributed by atoms with Crippen LogP contribution in [0.1, 0.15) is 55.7 Å². The zero-order valence-corrected chi connectivity index (χ0v) is 15.8. The Balaban J connectivity index is 2.18. The lowest BCUT2D eigenvalue weighted by Crippen LogP contribution is -2.42. The fraction of sp³-hybridized carbons (Fsp3) is 0.778. The van der Waals surface area contributed by atoms with Crippen LogP contribution in [-0.4, -0.2) is 71.9 Å². The molecule has 1 aliphatic heterocycles. The van der Waals surface area contributed by atoms with Crippen LogP contribution in [0, 0.1) is 0 Å². The molecule has 1 atom stereocenters. The van der Waals surface area contributed by atoms with Crippen LogP contribution in [0.25, 0.3) is 0 Å². The number of hydrogen-bond acceptors (Lipinski definition) is 4. The number of nitrogens with zero attached hydrogens (tertiary/aromatic N) is 4. The van der Waals surface area contributed by atoms with Gasteiger partial charge in [-0.25, -0.2) is 0 Å². The van der Waals surface area contributed by atoms with Gasteiger partial charge in [0.25, 0.3) is 5.91 Å². The molecule has 1 aromatic rings. The van der Waals surface area contributed by atoms with Crippen molar-refractivity contribution in [2.24, 2.45) is 0 Å². The van der Waals surface area contributed by atoms with Crippen LogP contribution in [0.5, 0.6) is 0 Å². The predicted octanol–water partition coefficient (Wildman–Crippen LogP) is 2.21. The van der Waals surface area contributed by atoms with Gasteiger partial charge >= 0.3 is 0 Å². The van der Waals surface area contributed by atoms with Crippen molar-refractivity contribution < 1.29 is 9.53 Å². The third kappa shape index (κ3) is 4.80. The van der Waals surface area contributed by atoms with E-state index in [2.05, 4.69) is 23.8 Å². The molecule has 0 radical (unpaired) electrons. The maximum absolute atomic E-state index is 13.2. The number of likely N-dealkylation sites (N-methyl/N-ethyl adjacent to an activating group) is 1. The van der Waals surface area contributed by atoms with E-state index < -0.39 is 0 Å². The van der Waals surface area contributed by atoms with Gasteiger partial charge in [-0.05, 0) is 45.8 Å². The first kappa shape index (κ1) is 18.9. The lowest BCUT2D eigenvalue weighted by atomic mass is 10.1. The lowest BCUT2D eigenvalue weighted by Gasteiger charge is -2.27. The van der Waals surface area contributed by atoms with E-state index >= 15 is 0 Å². The first-order valence-electron chi connectivity index (χ1n) is 9.05. The number of carbonyl (C=O) groups is 1. The van der Waals surface area contributed by atoms with Gasteiger partial charge in [0.05, 0.1) is 11.8 Å². The van der Waals surface area contributed by atoms with Gasteiger partial charge in [0.2, 0.25) is 0 Å². The Bertz CT molecular complexity index is 533. The molecule has 1 fully saturated rings. The van der Waals surface area contributed by atoms with E-state index in [0.29, 0.717) is 31.2 Å². The van der Waals surface area contributed by atoms with Crippen LogP contribution in [0.3, 0.4) is 0 Å². The molecule has 1 aromatic heterocycles. The van der Waals surface area contributed by atoms with Crippen molar-refractivity contribution >= 4 is 5.91 Å². The average molecular weight is 336 g/mol. The number of ether oxygens (including phenoxy) is 1. The van der Waals surface area contributed by atoms with Crippen LogP contribution >= 0.6 is 0 Å². The van der Waals surface area contributed by atoms with Gasteiger partial charge in [0.1, 0.15) is 5.69 Å². The molecule has 0 saturated carbocycles. The second kappa shape index (κ2) is 8.62. The summed E-state index contributed by atoms with van der Waals surface area (Å²) in [5.41, 5.74) is 1.67. The molecule has 1 aliphatic rings. The van der Waals surface area contributed by atoms with Gasteiger partial charge in [-0.15, -0.1) is 0 Å². The van der Waals surface area contributed by atoms with E-state index in [-0.39, 0.29) is 12.0 Å². The number of carbonyl (C=O) groups excluding carboxylic acids is 1. The van der Waals surface area contributed by atoms with E-state index in [1.54, 1.807) is 0 Å². The van der Waals surface area contributed by atoms with Crippen LogP contribution in [0.4, 0.5) is 0 Å². The third-order valence-corrected chi connectivity index (χ3v) is 4.46. The van der Waals surface area contributed by atoms with Crippen LogP contribution in [-0.2, 0) is 11.3 Å². The highest BCUT2D eigenvalue weighted by Crippen LogP contribution is 2.18. The Morgan fingerprint density at radius 1 is 1.42 bits per heavy atom. The number of aromatic nitrogens is 2. The molecule has 0 aromatic carbocycles. The van der Waals surface area contributed by atoms with Crippen molar-refractivity contribution in [1.82, 2.24) is 19.6 Å². The summed E-state index contributed by atoms with van der Waals surface area (Å²) >= 11 is 0. The summed E-state index contributed by atoms with van der Waals surface area (Å²) < 4.78 is 7.58. The van der Waals surface area contributed by atoms with E-state index in [0.717, 1.165) is 31.7 Å². The summed E-state index contributed by atoms with van der Waals surface area (Å²) in [6.07, 6.45) is 2.29. The highest BCUT2D eigenvalue weighted by atomic mass is 16.5. The van der Waals surface area contributed by atoms with E-state index in [1.807, 2.05) is 36.7 Å². The highest BCUT2D eigenvalue weighted by Gasteiger charge is 2.26. The van der Waals surface area contributed by atoms with Crippen molar-refractivity contribution in [3.63, 3.8) is 0 Å². The third-order valence-electron chi connectivity index (χ3n) is 4.46. The monoisotopic (exact) mass is 336 g/mol. The van der Waals surface area contributed by atoms with Crippen LogP contribution < -0.4 is 0 Å². The van der Waals surface area contributed by atoms with Crippen LogP contribution in [0.2, 0.25) is 0 Å². The maximum Gasteiger partial charge on any atom is 0.272 e. The molecule has 0 aliphatic carbocycles. The highest BCUT2D eigenvalue weighted by molar-refractivity contribution is 5.92. The average Bonchev–Trinajstić information content (AvgIpc) is 3.19. The molecule has 0 spiro atoms. The zero-order valence-electron chi connectivity index (χ0n) is 15.8. The van der Waals surface area contributed by atoms with Gasteiger partial charge in [0, 0.05) is 32.8 Å². The molecule has 0 N–H and O–H groups in total. The first-order chi connectivity index (χ1) is 11.4. The summed E-state index contributed by atoms with van der Waals surface area (Å²) in [4.78, 5) is 17.2. The topological polar surface area (TPSA) is 50.6 Å². The van der Waals surface area contributed by atoms with E-state index in [4.69, 9.17) is 4.74 Å².